The van der Waals surface area contributed by atoms with E-state index in [1.165, 1.54) is 23.9 Å². The molecule has 0 spiro atoms. The van der Waals surface area contributed by atoms with Crippen molar-refractivity contribution in [2.24, 2.45) is 0 Å². The van der Waals surface area contributed by atoms with Gasteiger partial charge in [0, 0.05) is 21.4 Å². The predicted molar refractivity (Wildman–Crippen MR) is 90.1 cm³/mol. The van der Waals surface area contributed by atoms with Gasteiger partial charge in [-0.15, -0.1) is 11.8 Å². The highest BCUT2D eigenvalue weighted by atomic mass is 35.5. The average molecular weight is 362 g/mol. The van der Waals surface area contributed by atoms with Crippen LogP contribution in [0.4, 0.5) is 5.69 Å². The molecular formula is C14H13Cl2NO2S2. The lowest BCUT2D eigenvalue weighted by Gasteiger charge is -2.08. The third-order valence-corrected chi connectivity index (χ3v) is 6.59. The number of nitrogen functional groups attached to an aromatic ring is 1. The van der Waals surface area contributed by atoms with Crippen molar-refractivity contribution >= 4 is 50.5 Å². The number of hydrogen-bond acceptors (Lipinski definition) is 4. The molecule has 0 amide bonds. The van der Waals surface area contributed by atoms with Gasteiger partial charge in [0.15, 0.2) is 9.84 Å². The summed E-state index contributed by atoms with van der Waals surface area (Å²) in [7, 11) is -3.34. The van der Waals surface area contributed by atoms with Crippen LogP contribution in [0.1, 0.15) is 0 Å². The molecule has 0 atom stereocenters. The van der Waals surface area contributed by atoms with E-state index < -0.39 is 9.84 Å². The lowest BCUT2D eigenvalue weighted by molar-refractivity contribution is 0.597. The van der Waals surface area contributed by atoms with E-state index in [9.17, 15) is 8.42 Å². The average Bonchev–Trinajstić information content (AvgIpc) is 2.42. The largest absolute Gasteiger partial charge is 0.398 e. The Hall–Kier alpha value is -0.880. The molecule has 0 saturated heterocycles. The van der Waals surface area contributed by atoms with Crippen molar-refractivity contribution in [3.8, 4) is 0 Å². The molecule has 0 aromatic heterocycles. The molecule has 7 heteroatoms. The Labute approximate surface area is 138 Å². The molecule has 21 heavy (non-hydrogen) atoms. The second-order valence-electron chi connectivity index (χ2n) is 4.28. The van der Waals surface area contributed by atoms with Crippen molar-refractivity contribution in [1.29, 1.82) is 0 Å². The topological polar surface area (TPSA) is 60.2 Å². The standard InChI is InChI=1S/C14H13Cl2NO2S2/c15-10-4-6-11(7-5-10)21(18,19)9-8-20-14-12(16)2-1-3-13(14)17/h1-7H,8-9,17H2. The Morgan fingerprint density at radius 2 is 1.71 bits per heavy atom. The number of hydrogen-bond donors (Lipinski definition) is 1. The maximum atomic E-state index is 12.2. The number of thioether (sulfide) groups is 1. The van der Waals surface area contributed by atoms with Crippen molar-refractivity contribution in [3.05, 3.63) is 52.5 Å². The minimum absolute atomic E-state index is 0.00393. The molecule has 0 aliphatic rings. The third kappa shape index (κ3) is 4.30. The molecule has 2 aromatic carbocycles. The van der Waals surface area contributed by atoms with Gasteiger partial charge < -0.3 is 5.73 Å². The second-order valence-corrected chi connectivity index (χ2v) is 8.34. The molecular weight excluding hydrogens is 349 g/mol. The first kappa shape index (κ1) is 16.5. The van der Waals surface area contributed by atoms with Crippen molar-refractivity contribution in [3.63, 3.8) is 0 Å². The predicted octanol–water partition coefficient (Wildman–Crippen LogP) is 4.14. The molecule has 0 saturated carbocycles. The monoisotopic (exact) mass is 361 g/mol. The first-order valence-corrected chi connectivity index (χ1v) is 9.44. The fourth-order valence-corrected chi connectivity index (χ4v) is 4.80. The van der Waals surface area contributed by atoms with Crippen LogP contribution in [0.5, 0.6) is 0 Å². The summed E-state index contributed by atoms with van der Waals surface area (Å²) >= 11 is 13.1. The second kappa shape index (κ2) is 6.92. The Morgan fingerprint density at radius 3 is 2.33 bits per heavy atom. The highest BCUT2D eigenvalue weighted by molar-refractivity contribution is 8.01. The summed E-state index contributed by atoms with van der Waals surface area (Å²) in [6.45, 7) is 0. The molecule has 0 radical (unpaired) electrons. The van der Waals surface area contributed by atoms with Gasteiger partial charge in [-0.1, -0.05) is 29.3 Å². The Balaban J connectivity index is 2.04. The van der Waals surface area contributed by atoms with Gasteiger partial charge in [0.25, 0.3) is 0 Å². The molecule has 112 valence electrons. The molecule has 0 unspecified atom stereocenters. The summed E-state index contributed by atoms with van der Waals surface area (Å²) in [6.07, 6.45) is 0. The van der Waals surface area contributed by atoms with E-state index in [0.717, 1.165) is 0 Å². The molecule has 2 aromatic rings. The van der Waals surface area contributed by atoms with Crippen LogP contribution in [-0.2, 0) is 9.84 Å². The first-order valence-electron chi connectivity index (χ1n) is 6.05. The summed E-state index contributed by atoms with van der Waals surface area (Å²) in [5.41, 5.74) is 6.38. The highest BCUT2D eigenvalue weighted by Crippen LogP contribution is 2.32. The summed E-state index contributed by atoms with van der Waals surface area (Å²) < 4.78 is 24.4. The van der Waals surface area contributed by atoms with Crippen molar-refractivity contribution in [1.82, 2.24) is 0 Å². The fraction of sp³-hybridized carbons (Fsp3) is 0.143. The fourth-order valence-electron chi connectivity index (χ4n) is 1.69. The smallest absolute Gasteiger partial charge is 0.179 e. The molecule has 2 N–H and O–H groups in total. The van der Waals surface area contributed by atoms with Crippen molar-refractivity contribution < 1.29 is 8.42 Å². The molecule has 2 rings (SSSR count). The normalized spacial score (nSPS) is 11.5. The summed E-state index contributed by atoms with van der Waals surface area (Å²) in [4.78, 5) is 0.977. The van der Waals surface area contributed by atoms with Gasteiger partial charge in [-0.3, -0.25) is 0 Å². The van der Waals surface area contributed by atoms with E-state index in [0.29, 0.717) is 26.4 Å². The van der Waals surface area contributed by atoms with E-state index in [-0.39, 0.29) is 10.6 Å². The van der Waals surface area contributed by atoms with Crippen LogP contribution in [-0.4, -0.2) is 19.9 Å². The minimum Gasteiger partial charge on any atom is -0.398 e. The molecule has 0 bridgehead atoms. The molecule has 0 fully saturated rings. The van der Waals surface area contributed by atoms with Crippen LogP contribution in [0.2, 0.25) is 10.0 Å². The SMILES string of the molecule is Nc1cccc(Cl)c1SCCS(=O)(=O)c1ccc(Cl)cc1. The molecule has 0 heterocycles. The number of sulfone groups is 1. The van der Waals surface area contributed by atoms with Crippen LogP contribution < -0.4 is 5.73 Å². The zero-order valence-electron chi connectivity index (χ0n) is 10.9. The summed E-state index contributed by atoms with van der Waals surface area (Å²) in [5, 5.41) is 1.04. The van der Waals surface area contributed by atoms with Gasteiger partial charge in [0.2, 0.25) is 0 Å². The maximum Gasteiger partial charge on any atom is 0.179 e. The van der Waals surface area contributed by atoms with Crippen LogP contribution in [0.25, 0.3) is 0 Å². The first-order chi connectivity index (χ1) is 9.90. The van der Waals surface area contributed by atoms with Crippen LogP contribution in [0, 0.1) is 0 Å². The van der Waals surface area contributed by atoms with E-state index in [1.807, 2.05) is 0 Å². The van der Waals surface area contributed by atoms with Crippen LogP contribution >= 0.6 is 35.0 Å². The van der Waals surface area contributed by atoms with Crippen molar-refractivity contribution in [2.45, 2.75) is 9.79 Å². The van der Waals surface area contributed by atoms with Gasteiger partial charge >= 0.3 is 0 Å². The van der Waals surface area contributed by atoms with E-state index in [4.69, 9.17) is 28.9 Å². The third-order valence-electron chi connectivity index (χ3n) is 2.77. The number of benzene rings is 2. The quantitative estimate of drug-likeness (QED) is 0.641. The number of nitrogens with two attached hydrogens (primary N) is 1. The Morgan fingerprint density at radius 1 is 1.05 bits per heavy atom. The Bertz CT molecular complexity index is 711. The molecule has 0 aliphatic heterocycles. The van der Waals surface area contributed by atoms with Gasteiger partial charge in [0.05, 0.1) is 15.7 Å². The summed E-state index contributed by atoms with van der Waals surface area (Å²) in [5.74, 6) is 0.378. The van der Waals surface area contributed by atoms with E-state index in [2.05, 4.69) is 0 Å². The highest BCUT2D eigenvalue weighted by Gasteiger charge is 2.15. The van der Waals surface area contributed by atoms with Crippen LogP contribution in [0.15, 0.2) is 52.3 Å². The van der Waals surface area contributed by atoms with E-state index in [1.54, 1.807) is 30.3 Å². The van der Waals surface area contributed by atoms with Crippen molar-refractivity contribution in [2.75, 3.05) is 17.2 Å². The summed E-state index contributed by atoms with van der Waals surface area (Å²) in [6, 6.07) is 11.4. The lowest BCUT2D eigenvalue weighted by Crippen LogP contribution is -2.09. The number of anilines is 1. The van der Waals surface area contributed by atoms with Gasteiger partial charge in [-0.2, -0.15) is 0 Å². The Kier molecular flexibility index (Phi) is 5.43. The van der Waals surface area contributed by atoms with E-state index >= 15 is 0 Å². The number of rotatable bonds is 5. The lowest BCUT2D eigenvalue weighted by atomic mass is 10.3. The molecule has 3 nitrogen and oxygen atoms in total. The van der Waals surface area contributed by atoms with Gasteiger partial charge in [-0.25, -0.2) is 8.42 Å². The van der Waals surface area contributed by atoms with Gasteiger partial charge in [0.1, 0.15) is 0 Å². The van der Waals surface area contributed by atoms with Crippen LogP contribution in [0.3, 0.4) is 0 Å². The zero-order chi connectivity index (χ0) is 15.5. The van der Waals surface area contributed by atoms with Gasteiger partial charge in [-0.05, 0) is 36.4 Å². The molecule has 0 aliphatic carbocycles. The maximum absolute atomic E-state index is 12.2. The zero-order valence-corrected chi connectivity index (χ0v) is 14.1. The number of halogens is 2. The minimum atomic E-state index is -3.34.